The van der Waals surface area contributed by atoms with Gasteiger partial charge in [-0.15, -0.1) is 0 Å². The monoisotopic (exact) mass is 411 g/mol. The van der Waals surface area contributed by atoms with E-state index in [1.54, 1.807) is 0 Å². The van der Waals surface area contributed by atoms with E-state index in [-0.39, 0.29) is 0 Å². The number of aryl methyl sites for hydroxylation is 1. The van der Waals surface area contributed by atoms with E-state index in [0.29, 0.717) is 13.0 Å². The van der Waals surface area contributed by atoms with Crippen molar-refractivity contribution in [3.63, 3.8) is 0 Å². The lowest BCUT2D eigenvalue weighted by Crippen LogP contribution is -1.91. The summed E-state index contributed by atoms with van der Waals surface area (Å²) in [6, 6.07) is 16.0. The number of fused-ring (bicyclic) bond motifs is 1. The van der Waals surface area contributed by atoms with Gasteiger partial charge >= 0.3 is 0 Å². The van der Waals surface area contributed by atoms with Crippen LogP contribution in [0.5, 0.6) is 5.75 Å². The van der Waals surface area contributed by atoms with Gasteiger partial charge in [-0.1, -0.05) is 45.4 Å². The van der Waals surface area contributed by atoms with E-state index in [4.69, 9.17) is 13.7 Å². The van der Waals surface area contributed by atoms with Gasteiger partial charge in [0.2, 0.25) is 0 Å². The SMILES string of the molecule is CCOc1cccc2cc(Cc3c(-c4ccc(Br)cc4)noc3C)oc12. The number of rotatable bonds is 5. The van der Waals surface area contributed by atoms with E-state index in [9.17, 15) is 0 Å². The lowest BCUT2D eigenvalue weighted by molar-refractivity contribution is 0.337. The Balaban J connectivity index is 1.72. The van der Waals surface area contributed by atoms with Crippen LogP contribution in [0.25, 0.3) is 22.2 Å². The zero-order valence-corrected chi connectivity index (χ0v) is 16.2. The van der Waals surface area contributed by atoms with Crippen molar-refractivity contribution in [3.05, 3.63) is 70.1 Å². The van der Waals surface area contributed by atoms with Crippen molar-refractivity contribution in [2.45, 2.75) is 20.3 Å². The molecule has 4 rings (SSSR count). The number of halogens is 1. The summed E-state index contributed by atoms with van der Waals surface area (Å²) in [5, 5.41) is 5.29. The second-order valence-corrected chi connectivity index (χ2v) is 6.99. The van der Waals surface area contributed by atoms with E-state index in [1.165, 1.54) is 0 Å². The minimum Gasteiger partial charge on any atom is -0.490 e. The standard InChI is InChI=1S/C21H18BrNO3/c1-3-24-19-6-4-5-15-11-17(25-21(15)19)12-18-13(2)26-23-20(18)14-7-9-16(22)10-8-14/h4-11H,3,12H2,1-2H3. The Morgan fingerprint density at radius 1 is 1.12 bits per heavy atom. The molecule has 0 bridgehead atoms. The van der Waals surface area contributed by atoms with E-state index >= 15 is 0 Å². The molecule has 0 aliphatic heterocycles. The molecule has 132 valence electrons. The fourth-order valence-electron chi connectivity index (χ4n) is 3.05. The van der Waals surface area contributed by atoms with Gasteiger partial charge in [-0.2, -0.15) is 0 Å². The molecule has 0 N–H and O–H groups in total. The third kappa shape index (κ3) is 3.15. The third-order valence-corrected chi connectivity index (χ3v) is 4.84. The maximum atomic E-state index is 6.09. The Morgan fingerprint density at radius 3 is 2.69 bits per heavy atom. The van der Waals surface area contributed by atoms with Gasteiger partial charge in [-0.25, -0.2) is 0 Å². The van der Waals surface area contributed by atoms with Crippen LogP contribution in [0.2, 0.25) is 0 Å². The van der Waals surface area contributed by atoms with E-state index in [2.05, 4.69) is 27.2 Å². The first kappa shape index (κ1) is 16.9. The van der Waals surface area contributed by atoms with Crippen LogP contribution in [0.1, 0.15) is 24.0 Å². The highest BCUT2D eigenvalue weighted by molar-refractivity contribution is 9.10. The predicted molar refractivity (Wildman–Crippen MR) is 105 cm³/mol. The van der Waals surface area contributed by atoms with Gasteiger partial charge in [0.05, 0.1) is 6.61 Å². The summed E-state index contributed by atoms with van der Waals surface area (Å²) in [4.78, 5) is 0. The smallest absolute Gasteiger partial charge is 0.176 e. The molecule has 4 nitrogen and oxygen atoms in total. The summed E-state index contributed by atoms with van der Waals surface area (Å²) < 4.78 is 18.2. The number of para-hydroxylation sites is 1. The average Bonchev–Trinajstić information content (AvgIpc) is 3.21. The molecular formula is C21H18BrNO3. The molecule has 0 aliphatic rings. The Morgan fingerprint density at radius 2 is 1.92 bits per heavy atom. The first-order chi connectivity index (χ1) is 12.7. The normalized spacial score (nSPS) is 11.2. The molecule has 0 saturated heterocycles. The van der Waals surface area contributed by atoms with Crippen LogP contribution in [0.15, 0.2) is 61.9 Å². The van der Waals surface area contributed by atoms with Gasteiger partial charge in [0.25, 0.3) is 0 Å². The second-order valence-electron chi connectivity index (χ2n) is 6.07. The van der Waals surface area contributed by atoms with Crippen LogP contribution in [0.4, 0.5) is 0 Å². The second kappa shape index (κ2) is 7.00. The number of aromatic nitrogens is 1. The van der Waals surface area contributed by atoms with Gasteiger partial charge in [0.15, 0.2) is 11.3 Å². The van der Waals surface area contributed by atoms with Crippen LogP contribution in [0, 0.1) is 6.92 Å². The molecule has 0 unspecified atom stereocenters. The molecule has 0 fully saturated rings. The van der Waals surface area contributed by atoms with E-state index < -0.39 is 0 Å². The van der Waals surface area contributed by atoms with Crippen LogP contribution >= 0.6 is 15.9 Å². The molecule has 0 atom stereocenters. The molecule has 2 heterocycles. The van der Waals surface area contributed by atoms with Crippen LogP contribution in [-0.4, -0.2) is 11.8 Å². The first-order valence-corrected chi connectivity index (χ1v) is 9.30. The maximum Gasteiger partial charge on any atom is 0.176 e. The summed E-state index contributed by atoms with van der Waals surface area (Å²) in [6.07, 6.45) is 0.612. The molecule has 0 radical (unpaired) electrons. The molecule has 4 aromatic rings. The van der Waals surface area contributed by atoms with Crippen molar-refractivity contribution in [1.29, 1.82) is 0 Å². The summed E-state index contributed by atoms with van der Waals surface area (Å²) in [5.74, 6) is 2.43. The minimum absolute atomic E-state index is 0.605. The largest absolute Gasteiger partial charge is 0.490 e. The number of furan rings is 1. The summed E-state index contributed by atoms with van der Waals surface area (Å²) in [6.45, 7) is 4.50. The number of hydrogen-bond donors (Lipinski definition) is 0. The highest BCUT2D eigenvalue weighted by atomic mass is 79.9. The molecule has 5 heteroatoms. The van der Waals surface area contributed by atoms with Crippen LogP contribution < -0.4 is 4.74 Å². The first-order valence-electron chi connectivity index (χ1n) is 8.51. The van der Waals surface area contributed by atoms with Gasteiger partial charge in [0.1, 0.15) is 17.2 Å². The summed E-state index contributed by atoms with van der Waals surface area (Å²) in [5.41, 5.74) is 3.68. The van der Waals surface area contributed by atoms with Crippen LogP contribution in [0.3, 0.4) is 0 Å². The van der Waals surface area contributed by atoms with Crippen LogP contribution in [-0.2, 0) is 6.42 Å². The highest BCUT2D eigenvalue weighted by Gasteiger charge is 2.18. The molecular weight excluding hydrogens is 394 g/mol. The zero-order chi connectivity index (χ0) is 18.1. The Bertz CT molecular complexity index is 1050. The van der Waals surface area contributed by atoms with Crippen molar-refractivity contribution >= 4 is 26.9 Å². The molecule has 0 amide bonds. The molecule has 0 aliphatic carbocycles. The fraction of sp³-hybridized carbons (Fsp3) is 0.190. The molecule has 26 heavy (non-hydrogen) atoms. The molecule has 2 aromatic heterocycles. The quantitative estimate of drug-likeness (QED) is 0.395. The Labute approximate surface area is 159 Å². The van der Waals surface area contributed by atoms with E-state index in [1.807, 2.05) is 56.3 Å². The van der Waals surface area contributed by atoms with Gasteiger partial charge in [-0.3, -0.25) is 0 Å². The van der Waals surface area contributed by atoms with E-state index in [0.717, 1.165) is 49.5 Å². The van der Waals surface area contributed by atoms with Gasteiger partial charge in [0, 0.05) is 27.4 Å². The summed E-state index contributed by atoms with van der Waals surface area (Å²) >= 11 is 3.46. The summed E-state index contributed by atoms with van der Waals surface area (Å²) in [7, 11) is 0. The minimum atomic E-state index is 0.605. The number of nitrogens with zero attached hydrogens (tertiary/aromatic N) is 1. The zero-order valence-electron chi connectivity index (χ0n) is 14.6. The Kier molecular flexibility index (Phi) is 4.55. The molecule has 0 saturated carbocycles. The number of benzene rings is 2. The average molecular weight is 412 g/mol. The maximum absolute atomic E-state index is 6.09. The topological polar surface area (TPSA) is 48.4 Å². The Hall–Kier alpha value is -2.53. The molecule has 2 aromatic carbocycles. The fourth-order valence-corrected chi connectivity index (χ4v) is 3.32. The highest BCUT2D eigenvalue weighted by Crippen LogP contribution is 2.33. The van der Waals surface area contributed by atoms with Gasteiger partial charge < -0.3 is 13.7 Å². The third-order valence-electron chi connectivity index (χ3n) is 4.31. The number of hydrogen-bond acceptors (Lipinski definition) is 4. The lowest BCUT2D eigenvalue weighted by Gasteiger charge is -2.03. The van der Waals surface area contributed by atoms with Crippen molar-refractivity contribution in [1.82, 2.24) is 5.16 Å². The van der Waals surface area contributed by atoms with Crippen molar-refractivity contribution in [3.8, 4) is 17.0 Å². The van der Waals surface area contributed by atoms with Crippen molar-refractivity contribution in [2.24, 2.45) is 0 Å². The van der Waals surface area contributed by atoms with Gasteiger partial charge in [-0.05, 0) is 38.1 Å². The number of ether oxygens (including phenoxy) is 1. The predicted octanol–water partition coefficient (Wildman–Crippen LogP) is 6.15. The lowest BCUT2D eigenvalue weighted by atomic mass is 10.0. The van der Waals surface area contributed by atoms with Crippen molar-refractivity contribution < 1.29 is 13.7 Å². The molecule has 0 spiro atoms. The van der Waals surface area contributed by atoms with Crippen molar-refractivity contribution in [2.75, 3.05) is 6.61 Å².